The molecular weight excluding hydrogens is 321 g/mol. The van der Waals surface area contributed by atoms with Crippen molar-refractivity contribution in [3.8, 4) is 0 Å². The van der Waals surface area contributed by atoms with Gasteiger partial charge in [-0.3, -0.25) is 4.90 Å². The van der Waals surface area contributed by atoms with Gasteiger partial charge in [-0.15, -0.1) is 24.2 Å². The van der Waals surface area contributed by atoms with E-state index in [1.165, 1.54) is 4.90 Å². The van der Waals surface area contributed by atoms with Crippen LogP contribution in [0.1, 0.15) is 18.5 Å². The van der Waals surface area contributed by atoms with Gasteiger partial charge in [0.1, 0.15) is 6.04 Å². The predicted octanol–water partition coefficient (Wildman–Crippen LogP) is 3.73. The van der Waals surface area contributed by atoms with Gasteiger partial charge in [-0.25, -0.2) is 0 Å². The van der Waals surface area contributed by atoms with Crippen LogP contribution in [0.15, 0.2) is 29.2 Å². The van der Waals surface area contributed by atoms with Crippen LogP contribution in [0.4, 0.5) is 13.2 Å². The average Bonchev–Trinajstić information content (AvgIpc) is 2.41. The zero-order chi connectivity index (χ0) is 14.6. The summed E-state index contributed by atoms with van der Waals surface area (Å²) in [5, 5.41) is 3.09. The van der Waals surface area contributed by atoms with Crippen LogP contribution in [0.2, 0.25) is 0 Å². The van der Waals surface area contributed by atoms with Crippen molar-refractivity contribution in [3.63, 3.8) is 0 Å². The molecule has 1 saturated heterocycles. The number of hydrogen-bond donors (Lipinski definition) is 1. The minimum absolute atomic E-state index is 0. The topological polar surface area (TPSA) is 15.3 Å². The Morgan fingerprint density at radius 3 is 2.24 bits per heavy atom. The Kier molecular flexibility index (Phi) is 7.33. The molecule has 21 heavy (non-hydrogen) atoms. The molecule has 1 N–H and O–H groups in total. The molecule has 1 aromatic carbocycles. The maximum absolute atomic E-state index is 13.4. The first-order valence-electron chi connectivity index (χ1n) is 6.76. The Balaban J connectivity index is 0.00000220. The lowest BCUT2D eigenvalue weighted by atomic mass is 10.0. The zero-order valence-corrected chi connectivity index (χ0v) is 13.5. The molecular formula is C14H20ClF3N2S. The van der Waals surface area contributed by atoms with E-state index in [4.69, 9.17) is 0 Å². The van der Waals surface area contributed by atoms with Crippen molar-refractivity contribution in [1.82, 2.24) is 10.2 Å². The number of alkyl halides is 3. The molecule has 1 aliphatic heterocycles. The molecule has 7 heteroatoms. The van der Waals surface area contributed by atoms with Crippen LogP contribution in [-0.4, -0.2) is 43.0 Å². The Morgan fingerprint density at radius 2 is 1.76 bits per heavy atom. The molecule has 1 heterocycles. The molecule has 0 bridgehead atoms. The van der Waals surface area contributed by atoms with Crippen LogP contribution >= 0.6 is 24.2 Å². The second-order valence-electron chi connectivity index (χ2n) is 4.73. The Bertz CT molecular complexity index is 419. The zero-order valence-electron chi connectivity index (χ0n) is 11.8. The van der Waals surface area contributed by atoms with Crippen molar-refractivity contribution >= 4 is 24.2 Å². The van der Waals surface area contributed by atoms with Crippen molar-refractivity contribution < 1.29 is 13.2 Å². The summed E-state index contributed by atoms with van der Waals surface area (Å²) in [4.78, 5) is 2.52. The molecule has 0 aliphatic carbocycles. The average molecular weight is 341 g/mol. The van der Waals surface area contributed by atoms with E-state index in [1.54, 1.807) is 36.0 Å². The molecule has 1 fully saturated rings. The van der Waals surface area contributed by atoms with E-state index in [9.17, 15) is 13.2 Å². The second kappa shape index (κ2) is 8.27. The van der Waals surface area contributed by atoms with Gasteiger partial charge in [0.2, 0.25) is 0 Å². The van der Waals surface area contributed by atoms with Crippen LogP contribution < -0.4 is 5.32 Å². The van der Waals surface area contributed by atoms with E-state index in [-0.39, 0.29) is 12.4 Å². The number of thioether (sulfide) groups is 1. The quantitative estimate of drug-likeness (QED) is 0.841. The lowest BCUT2D eigenvalue weighted by Crippen LogP contribution is -2.49. The molecule has 0 spiro atoms. The van der Waals surface area contributed by atoms with Crippen LogP contribution in [0.3, 0.4) is 0 Å². The number of rotatable bonds is 4. The number of piperazine rings is 1. The minimum atomic E-state index is -4.24. The first-order chi connectivity index (χ1) is 9.52. The lowest BCUT2D eigenvalue weighted by Gasteiger charge is -2.36. The highest BCUT2D eigenvalue weighted by atomic mass is 35.5. The molecule has 1 aromatic rings. The first-order valence-corrected chi connectivity index (χ1v) is 7.75. The number of halogens is 4. The van der Waals surface area contributed by atoms with Gasteiger partial charge in [-0.1, -0.05) is 19.1 Å². The lowest BCUT2D eigenvalue weighted by molar-refractivity contribution is -0.187. The third-order valence-corrected chi connectivity index (χ3v) is 4.23. The van der Waals surface area contributed by atoms with Gasteiger partial charge >= 0.3 is 6.18 Å². The van der Waals surface area contributed by atoms with Gasteiger partial charge in [0, 0.05) is 31.1 Å². The standard InChI is InChI=1S/C14H19F3N2S.ClH/c1-2-20-12-5-3-11(4-6-12)13(14(15,16)17)19-9-7-18-8-10-19;/h3-6,13,18H,2,7-10H2,1H3;1H/t13-;/m0./s1. The third-order valence-electron chi connectivity index (χ3n) is 3.33. The van der Waals surface area contributed by atoms with Gasteiger partial charge in [0.25, 0.3) is 0 Å². The van der Waals surface area contributed by atoms with Gasteiger partial charge in [-0.05, 0) is 23.4 Å². The van der Waals surface area contributed by atoms with E-state index in [0.29, 0.717) is 31.7 Å². The molecule has 0 unspecified atom stereocenters. The molecule has 1 atom stereocenters. The molecule has 0 aromatic heterocycles. The highest BCUT2D eigenvalue weighted by Crippen LogP contribution is 2.38. The normalized spacial score (nSPS) is 18.1. The first kappa shape index (κ1) is 18.6. The van der Waals surface area contributed by atoms with Crippen molar-refractivity contribution in [2.45, 2.75) is 24.0 Å². The Morgan fingerprint density at radius 1 is 1.19 bits per heavy atom. The Hall–Kier alpha value is -0.430. The van der Waals surface area contributed by atoms with Crippen LogP contribution in [0, 0.1) is 0 Å². The summed E-state index contributed by atoms with van der Waals surface area (Å²) in [6, 6.07) is 5.29. The number of hydrogen-bond acceptors (Lipinski definition) is 3. The molecule has 2 rings (SSSR count). The predicted molar refractivity (Wildman–Crippen MR) is 83.3 cm³/mol. The van der Waals surface area contributed by atoms with E-state index in [0.717, 1.165) is 10.6 Å². The fourth-order valence-corrected chi connectivity index (χ4v) is 3.12. The summed E-state index contributed by atoms with van der Waals surface area (Å²) in [6.45, 7) is 4.09. The summed E-state index contributed by atoms with van der Waals surface area (Å²) >= 11 is 1.63. The van der Waals surface area contributed by atoms with Crippen molar-refractivity contribution in [1.29, 1.82) is 0 Å². The monoisotopic (exact) mass is 340 g/mol. The van der Waals surface area contributed by atoms with E-state index in [2.05, 4.69) is 5.32 Å². The van der Waals surface area contributed by atoms with Crippen LogP contribution in [-0.2, 0) is 0 Å². The smallest absolute Gasteiger partial charge is 0.314 e. The largest absolute Gasteiger partial charge is 0.408 e. The van der Waals surface area contributed by atoms with Gasteiger partial charge in [-0.2, -0.15) is 13.2 Å². The molecule has 120 valence electrons. The highest BCUT2D eigenvalue weighted by molar-refractivity contribution is 7.99. The summed E-state index contributed by atoms with van der Waals surface area (Å²) in [5.74, 6) is 0.917. The molecule has 0 amide bonds. The number of nitrogens with one attached hydrogen (secondary N) is 1. The molecule has 0 radical (unpaired) electrons. The SMILES string of the molecule is CCSc1ccc([C@H](N2CCNCC2)C(F)(F)F)cc1.Cl. The van der Waals surface area contributed by atoms with Crippen molar-refractivity contribution in [3.05, 3.63) is 29.8 Å². The van der Waals surface area contributed by atoms with Gasteiger partial charge < -0.3 is 5.32 Å². The fraction of sp³-hybridized carbons (Fsp3) is 0.571. The van der Waals surface area contributed by atoms with Crippen molar-refractivity contribution in [2.24, 2.45) is 0 Å². The molecule has 1 aliphatic rings. The highest BCUT2D eigenvalue weighted by Gasteiger charge is 2.44. The summed E-state index contributed by atoms with van der Waals surface area (Å²) in [5.41, 5.74) is 0.333. The fourth-order valence-electron chi connectivity index (χ4n) is 2.46. The number of nitrogens with zero attached hydrogens (tertiary/aromatic N) is 1. The Labute approximate surface area is 133 Å². The van der Waals surface area contributed by atoms with Crippen LogP contribution in [0.5, 0.6) is 0 Å². The van der Waals surface area contributed by atoms with E-state index < -0.39 is 12.2 Å². The third kappa shape index (κ3) is 5.06. The summed E-state index contributed by atoms with van der Waals surface area (Å²) in [7, 11) is 0. The number of benzene rings is 1. The van der Waals surface area contributed by atoms with Gasteiger partial charge in [0.15, 0.2) is 0 Å². The maximum Gasteiger partial charge on any atom is 0.408 e. The van der Waals surface area contributed by atoms with Crippen LogP contribution in [0.25, 0.3) is 0 Å². The molecule has 0 saturated carbocycles. The van der Waals surface area contributed by atoms with Crippen molar-refractivity contribution in [2.75, 3.05) is 31.9 Å². The van der Waals surface area contributed by atoms with Gasteiger partial charge in [0.05, 0.1) is 0 Å². The second-order valence-corrected chi connectivity index (χ2v) is 6.07. The van der Waals surface area contributed by atoms with E-state index in [1.807, 2.05) is 6.92 Å². The molecule has 2 nitrogen and oxygen atoms in total. The van der Waals surface area contributed by atoms with E-state index >= 15 is 0 Å². The maximum atomic E-state index is 13.4. The summed E-state index contributed by atoms with van der Waals surface area (Å²) < 4.78 is 40.1. The minimum Gasteiger partial charge on any atom is -0.314 e. The summed E-state index contributed by atoms with van der Waals surface area (Å²) in [6.07, 6.45) is -4.24.